The van der Waals surface area contributed by atoms with Gasteiger partial charge < -0.3 is 10.1 Å². The van der Waals surface area contributed by atoms with Gasteiger partial charge in [0, 0.05) is 11.3 Å². The summed E-state index contributed by atoms with van der Waals surface area (Å²) in [6.07, 6.45) is 1.87. The molecule has 0 spiro atoms. The minimum atomic E-state index is -0.848. The van der Waals surface area contributed by atoms with E-state index in [1.54, 1.807) is 31.2 Å². The van der Waals surface area contributed by atoms with Crippen molar-refractivity contribution in [1.29, 1.82) is 0 Å². The van der Waals surface area contributed by atoms with Crippen LogP contribution < -0.4 is 5.32 Å². The van der Waals surface area contributed by atoms with Crippen molar-refractivity contribution in [2.75, 3.05) is 5.32 Å². The van der Waals surface area contributed by atoms with Crippen LogP contribution in [0.4, 0.5) is 5.69 Å². The number of ether oxygens (including phenoxy) is 1. The highest BCUT2D eigenvalue weighted by molar-refractivity contribution is 5.98. The zero-order valence-electron chi connectivity index (χ0n) is 12.2. The molecule has 5 heteroatoms. The molecule has 0 unspecified atom stereocenters. The Morgan fingerprint density at radius 3 is 2.57 bits per heavy atom. The Kier molecular flexibility index (Phi) is 4.73. The number of esters is 1. The van der Waals surface area contributed by atoms with Crippen molar-refractivity contribution in [2.45, 2.75) is 39.2 Å². The van der Waals surface area contributed by atoms with Crippen molar-refractivity contribution in [2.24, 2.45) is 5.92 Å². The number of hydrogen-bond donors (Lipinski definition) is 1. The number of carbonyl (C=O) groups excluding carboxylic acids is 3. The average molecular weight is 289 g/mol. The van der Waals surface area contributed by atoms with Gasteiger partial charge in [-0.2, -0.15) is 0 Å². The molecule has 1 fully saturated rings. The molecule has 0 heterocycles. The van der Waals surface area contributed by atoms with E-state index in [1.165, 1.54) is 6.92 Å². The summed E-state index contributed by atoms with van der Waals surface area (Å²) in [5.41, 5.74) is 1.03. The quantitative estimate of drug-likeness (QED) is 0.668. The van der Waals surface area contributed by atoms with Gasteiger partial charge in [0.15, 0.2) is 11.9 Å². The molecule has 2 rings (SSSR count). The number of carbonyl (C=O) groups is 3. The van der Waals surface area contributed by atoms with Crippen molar-refractivity contribution in [3.8, 4) is 0 Å². The third-order valence-electron chi connectivity index (χ3n) is 3.64. The normalized spacial score (nSPS) is 15.7. The molecule has 5 nitrogen and oxygen atoms in total. The van der Waals surface area contributed by atoms with Crippen LogP contribution in [-0.2, 0) is 14.3 Å². The second kappa shape index (κ2) is 6.52. The molecule has 1 amide bonds. The lowest BCUT2D eigenvalue weighted by molar-refractivity contribution is -0.159. The van der Waals surface area contributed by atoms with E-state index in [1.807, 2.05) is 0 Å². The Labute approximate surface area is 123 Å². The van der Waals surface area contributed by atoms with Crippen LogP contribution in [0.25, 0.3) is 0 Å². The van der Waals surface area contributed by atoms with Crippen molar-refractivity contribution in [3.63, 3.8) is 0 Å². The molecule has 1 N–H and O–H groups in total. The van der Waals surface area contributed by atoms with Crippen molar-refractivity contribution in [3.05, 3.63) is 29.8 Å². The van der Waals surface area contributed by atoms with Gasteiger partial charge in [-0.1, -0.05) is 18.6 Å². The van der Waals surface area contributed by atoms with Gasteiger partial charge in [-0.15, -0.1) is 0 Å². The van der Waals surface area contributed by atoms with Gasteiger partial charge in [0.05, 0.1) is 5.92 Å². The number of anilines is 1. The molecule has 1 saturated carbocycles. The first-order valence-corrected chi connectivity index (χ1v) is 7.09. The summed E-state index contributed by atoms with van der Waals surface area (Å²) in [6.45, 7) is 3.00. The van der Waals surface area contributed by atoms with Crippen LogP contribution in [-0.4, -0.2) is 23.8 Å². The second-order valence-corrected chi connectivity index (χ2v) is 5.33. The molecule has 1 atom stereocenters. The summed E-state index contributed by atoms with van der Waals surface area (Å²) in [6, 6.07) is 6.65. The smallest absolute Gasteiger partial charge is 0.309 e. The minimum absolute atomic E-state index is 0.0544. The van der Waals surface area contributed by atoms with Gasteiger partial charge in [0.25, 0.3) is 5.91 Å². The van der Waals surface area contributed by atoms with E-state index >= 15 is 0 Å². The summed E-state index contributed by atoms with van der Waals surface area (Å²) in [5, 5.41) is 2.65. The topological polar surface area (TPSA) is 72.5 Å². The van der Waals surface area contributed by atoms with Crippen LogP contribution >= 0.6 is 0 Å². The van der Waals surface area contributed by atoms with E-state index in [4.69, 9.17) is 4.74 Å². The lowest BCUT2D eigenvalue weighted by atomic mass is 9.86. The maximum atomic E-state index is 12.0. The fraction of sp³-hybridized carbons (Fsp3) is 0.438. The second-order valence-electron chi connectivity index (χ2n) is 5.33. The Morgan fingerprint density at radius 2 is 2.00 bits per heavy atom. The number of hydrogen-bond acceptors (Lipinski definition) is 4. The highest BCUT2D eigenvalue weighted by atomic mass is 16.5. The Hall–Kier alpha value is -2.17. The van der Waals surface area contributed by atoms with Gasteiger partial charge in [-0.25, -0.2) is 0 Å². The summed E-state index contributed by atoms with van der Waals surface area (Å²) in [5.74, 6) is -0.832. The van der Waals surface area contributed by atoms with Crippen LogP contribution in [0.1, 0.15) is 43.5 Å². The first-order valence-electron chi connectivity index (χ1n) is 7.09. The zero-order chi connectivity index (χ0) is 15.4. The summed E-state index contributed by atoms with van der Waals surface area (Å²) < 4.78 is 5.15. The fourth-order valence-corrected chi connectivity index (χ4v) is 2.03. The molecule has 112 valence electrons. The highest BCUT2D eigenvalue weighted by Crippen LogP contribution is 2.27. The molecule has 0 radical (unpaired) electrons. The lowest BCUT2D eigenvalue weighted by Crippen LogP contribution is -2.34. The lowest BCUT2D eigenvalue weighted by Gasteiger charge is -2.24. The van der Waals surface area contributed by atoms with Crippen molar-refractivity contribution < 1.29 is 19.1 Å². The van der Waals surface area contributed by atoms with E-state index in [0.717, 1.165) is 19.3 Å². The molecule has 1 aliphatic carbocycles. The molecule has 21 heavy (non-hydrogen) atoms. The monoisotopic (exact) mass is 289 g/mol. The SMILES string of the molecule is CC(=O)c1cccc(NC(=O)[C@H](C)OC(=O)C2CCC2)c1. The zero-order valence-corrected chi connectivity index (χ0v) is 12.2. The Bertz CT molecular complexity index is 563. The predicted molar refractivity (Wildman–Crippen MR) is 78.0 cm³/mol. The van der Waals surface area contributed by atoms with Gasteiger partial charge in [0.1, 0.15) is 0 Å². The highest BCUT2D eigenvalue weighted by Gasteiger charge is 2.29. The van der Waals surface area contributed by atoms with Crippen molar-refractivity contribution >= 4 is 23.3 Å². The van der Waals surface area contributed by atoms with Crippen LogP contribution in [0.3, 0.4) is 0 Å². The van der Waals surface area contributed by atoms with Gasteiger partial charge in [-0.3, -0.25) is 14.4 Å². The molecule has 0 aromatic heterocycles. The van der Waals surface area contributed by atoms with E-state index < -0.39 is 12.0 Å². The molecule has 0 aliphatic heterocycles. The number of benzene rings is 1. The van der Waals surface area contributed by atoms with E-state index in [-0.39, 0.29) is 17.7 Å². The predicted octanol–water partition coefficient (Wildman–Crippen LogP) is 2.56. The van der Waals surface area contributed by atoms with Gasteiger partial charge >= 0.3 is 5.97 Å². The third kappa shape index (κ3) is 3.90. The minimum Gasteiger partial charge on any atom is -0.452 e. The fourth-order valence-electron chi connectivity index (χ4n) is 2.03. The number of amides is 1. The number of rotatable bonds is 5. The Morgan fingerprint density at radius 1 is 1.29 bits per heavy atom. The average Bonchev–Trinajstić information content (AvgIpc) is 2.36. The standard InChI is InChI=1S/C16H19NO4/c1-10(18)13-7-4-8-14(9-13)17-15(19)11(2)21-16(20)12-5-3-6-12/h4,7-9,11-12H,3,5-6H2,1-2H3,(H,17,19)/t11-/m0/s1. The van der Waals surface area contributed by atoms with E-state index in [2.05, 4.69) is 5.32 Å². The molecular formula is C16H19NO4. The number of Topliss-reactive ketones (excluding diaryl/α,β-unsaturated/α-hetero) is 1. The largest absolute Gasteiger partial charge is 0.452 e. The number of nitrogens with one attached hydrogen (secondary N) is 1. The van der Waals surface area contributed by atoms with Crippen LogP contribution in [0.2, 0.25) is 0 Å². The maximum absolute atomic E-state index is 12.0. The molecule has 1 aromatic carbocycles. The first-order chi connectivity index (χ1) is 9.97. The van der Waals surface area contributed by atoms with E-state index in [0.29, 0.717) is 11.3 Å². The molecule has 0 bridgehead atoms. The number of ketones is 1. The molecule has 0 saturated heterocycles. The van der Waals surface area contributed by atoms with Gasteiger partial charge in [-0.05, 0) is 38.8 Å². The molecular weight excluding hydrogens is 270 g/mol. The summed E-state index contributed by atoms with van der Waals surface area (Å²) in [4.78, 5) is 35.0. The third-order valence-corrected chi connectivity index (χ3v) is 3.64. The Balaban J connectivity index is 1.92. The van der Waals surface area contributed by atoms with Gasteiger partial charge in [0.2, 0.25) is 0 Å². The molecule has 1 aliphatic rings. The van der Waals surface area contributed by atoms with Crippen LogP contribution in [0.15, 0.2) is 24.3 Å². The van der Waals surface area contributed by atoms with Crippen LogP contribution in [0, 0.1) is 5.92 Å². The maximum Gasteiger partial charge on any atom is 0.309 e. The summed E-state index contributed by atoms with van der Waals surface area (Å²) >= 11 is 0. The van der Waals surface area contributed by atoms with Crippen molar-refractivity contribution in [1.82, 2.24) is 0 Å². The first kappa shape index (κ1) is 15.2. The van der Waals surface area contributed by atoms with E-state index in [9.17, 15) is 14.4 Å². The summed E-state index contributed by atoms with van der Waals surface area (Å²) in [7, 11) is 0. The van der Waals surface area contributed by atoms with Crippen LogP contribution in [0.5, 0.6) is 0 Å². The molecule has 1 aromatic rings.